The van der Waals surface area contributed by atoms with Gasteiger partial charge < -0.3 is 15.0 Å². The molecule has 0 saturated carbocycles. The fourth-order valence-electron chi connectivity index (χ4n) is 1.06. The van der Waals surface area contributed by atoms with Crippen molar-refractivity contribution < 1.29 is 39.1 Å². The van der Waals surface area contributed by atoms with Crippen LogP contribution in [-0.4, -0.2) is 36.2 Å². The van der Waals surface area contributed by atoms with Gasteiger partial charge in [-0.1, -0.05) is 6.54 Å². The predicted octanol–water partition coefficient (Wildman–Crippen LogP) is -2.01. The number of ether oxygens (including phenoxy) is 1. The summed E-state index contributed by atoms with van der Waals surface area (Å²) < 4.78 is 5.22. The molecule has 0 bridgehead atoms. The van der Waals surface area contributed by atoms with Gasteiger partial charge in [0, 0.05) is 6.54 Å². The van der Waals surface area contributed by atoms with Gasteiger partial charge in [0.1, 0.15) is 5.60 Å². The van der Waals surface area contributed by atoms with E-state index in [0.717, 1.165) is 6.54 Å². The van der Waals surface area contributed by atoms with Crippen LogP contribution >= 0.6 is 0 Å². The third kappa shape index (κ3) is 5.20. The van der Waals surface area contributed by atoms with Crippen LogP contribution in [0.4, 0.5) is 4.79 Å². The topological polar surface area (TPSA) is 41.6 Å². The maximum absolute atomic E-state index is 11.5. The van der Waals surface area contributed by atoms with Gasteiger partial charge in [-0.3, -0.25) is 0 Å². The third-order valence-corrected chi connectivity index (χ3v) is 1.63. The summed E-state index contributed by atoms with van der Waals surface area (Å²) in [6, 6.07) is 0. The van der Waals surface area contributed by atoms with Gasteiger partial charge in [0.15, 0.2) is 0 Å². The molecule has 0 atom stereocenters. The summed E-state index contributed by atoms with van der Waals surface area (Å²) in [7, 11) is 0. The van der Waals surface area contributed by atoms with Crippen LogP contribution in [0.2, 0.25) is 0 Å². The fraction of sp³-hybridized carbons (Fsp3) is 0.778. The number of rotatable bonds is 0. The molecule has 1 amide bonds. The van der Waals surface area contributed by atoms with E-state index in [4.69, 9.17) is 4.74 Å². The zero-order valence-electron chi connectivity index (χ0n) is 9.46. The summed E-state index contributed by atoms with van der Waals surface area (Å²) in [5.41, 5.74) is -0.401. The molecule has 1 heterocycles. The molecular weight excluding hydrogens is 191 g/mol. The molecule has 4 nitrogen and oxygen atoms in total. The number of carbonyl (C=O) groups excluding carboxylic acids is 1. The number of piperazine rings is 1. The van der Waals surface area contributed by atoms with Crippen molar-refractivity contribution in [1.82, 2.24) is 10.2 Å². The quantitative estimate of drug-likeness (QED) is 0.369. The van der Waals surface area contributed by atoms with Gasteiger partial charge in [0.25, 0.3) is 0 Å². The molecule has 0 aromatic carbocycles. The second kappa shape index (κ2) is 5.95. The molecule has 0 aromatic rings. The van der Waals surface area contributed by atoms with E-state index in [2.05, 4.69) is 5.32 Å². The second-order valence-electron chi connectivity index (χ2n) is 4.08. The van der Waals surface area contributed by atoms with Gasteiger partial charge in [-0.25, -0.2) is 11.3 Å². The first-order chi connectivity index (χ1) is 5.99. The minimum Gasteiger partial charge on any atom is -0.467 e. The molecule has 1 aliphatic heterocycles. The average Bonchev–Trinajstić information content (AvgIpc) is 2.03. The second-order valence-corrected chi connectivity index (χ2v) is 4.08. The van der Waals surface area contributed by atoms with Crippen LogP contribution < -0.4 is 34.9 Å². The average molecular weight is 208 g/mol. The molecule has 1 fully saturated rings. The van der Waals surface area contributed by atoms with Crippen LogP contribution in [0.1, 0.15) is 20.8 Å². The third-order valence-electron chi connectivity index (χ3n) is 1.63. The standard InChI is InChI=1S/C9H17N2O2.Na/c1-9(2,3)13-8(12)11-6-4-10-5-7-11;/h4,10H,5-7H2,1-3H3;/q-1;+1. The van der Waals surface area contributed by atoms with E-state index in [0.29, 0.717) is 13.1 Å². The van der Waals surface area contributed by atoms with Crippen molar-refractivity contribution >= 4 is 6.09 Å². The molecule has 1 saturated heterocycles. The van der Waals surface area contributed by atoms with Gasteiger partial charge >= 0.3 is 35.7 Å². The normalized spacial score (nSPS) is 17.2. The Bertz CT molecular complexity index is 186. The van der Waals surface area contributed by atoms with Crippen LogP contribution in [-0.2, 0) is 4.74 Å². The first-order valence-electron chi connectivity index (χ1n) is 4.52. The molecule has 76 valence electrons. The van der Waals surface area contributed by atoms with Crippen molar-refractivity contribution in [3.05, 3.63) is 6.54 Å². The Morgan fingerprint density at radius 2 is 2.14 bits per heavy atom. The number of nitrogens with one attached hydrogen (secondary N) is 1. The molecule has 14 heavy (non-hydrogen) atoms. The molecule has 1 N–H and O–H groups in total. The SMILES string of the molecule is CC(C)(C)OC(=O)N1C[CH-]NCC1.[Na+]. The number of amides is 1. The molecule has 5 heteroatoms. The van der Waals surface area contributed by atoms with Crippen LogP contribution in [0.5, 0.6) is 0 Å². The number of nitrogens with zero attached hydrogens (tertiary/aromatic N) is 1. The Morgan fingerprint density at radius 3 is 2.57 bits per heavy atom. The van der Waals surface area contributed by atoms with E-state index in [1.54, 1.807) is 4.90 Å². The molecule has 0 aliphatic carbocycles. The Kier molecular flexibility index (Phi) is 6.05. The van der Waals surface area contributed by atoms with Gasteiger partial charge in [-0.2, -0.15) is 0 Å². The largest absolute Gasteiger partial charge is 1.00 e. The molecule has 0 radical (unpaired) electrons. The van der Waals surface area contributed by atoms with Crippen molar-refractivity contribution in [1.29, 1.82) is 0 Å². The van der Waals surface area contributed by atoms with Crippen LogP contribution in [0, 0.1) is 6.54 Å². The molecular formula is C9H17N2NaO2. The zero-order chi connectivity index (χ0) is 9.90. The van der Waals surface area contributed by atoms with E-state index >= 15 is 0 Å². The van der Waals surface area contributed by atoms with Gasteiger partial charge in [-0.05, 0) is 27.3 Å². The van der Waals surface area contributed by atoms with Gasteiger partial charge in [-0.15, -0.1) is 0 Å². The summed E-state index contributed by atoms with van der Waals surface area (Å²) in [5.74, 6) is 0. The maximum Gasteiger partial charge on any atom is 1.00 e. The smallest absolute Gasteiger partial charge is 0.467 e. The van der Waals surface area contributed by atoms with Gasteiger partial charge in [0.2, 0.25) is 0 Å². The Morgan fingerprint density at radius 1 is 1.50 bits per heavy atom. The molecule has 1 aliphatic rings. The summed E-state index contributed by atoms with van der Waals surface area (Å²) >= 11 is 0. The summed E-state index contributed by atoms with van der Waals surface area (Å²) in [6.45, 7) is 9.62. The summed E-state index contributed by atoms with van der Waals surface area (Å²) in [6.07, 6.45) is -0.231. The van der Waals surface area contributed by atoms with Crippen molar-refractivity contribution in [2.75, 3.05) is 19.6 Å². The first kappa shape index (κ1) is 14.2. The van der Waals surface area contributed by atoms with Crippen molar-refractivity contribution in [2.24, 2.45) is 0 Å². The Balaban J connectivity index is 0.00000169. The summed E-state index contributed by atoms with van der Waals surface area (Å²) in [5, 5.41) is 3.06. The van der Waals surface area contributed by atoms with Gasteiger partial charge in [0.05, 0.1) is 0 Å². The number of hydrogen-bond donors (Lipinski definition) is 1. The predicted molar refractivity (Wildman–Crippen MR) is 50.1 cm³/mol. The molecule has 0 aromatic heterocycles. The zero-order valence-corrected chi connectivity index (χ0v) is 11.5. The summed E-state index contributed by atoms with van der Waals surface area (Å²) in [4.78, 5) is 13.2. The molecule has 0 unspecified atom stereocenters. The molecule has 1 rings (SSSR count). The van der Waals surface area contributed by atoms with E-state index in [1.165, 1.54) is 0 Å². The monoisotopic (exact) mass is 208 g/mol. The minimum absolute atomic E-state index is 0. The van der Waals surface area contributed by atoms with E-state index < -0.39 is 5.60 Å². The van der Waals surface area contributed by atoms with Crippen LogP contribution in [0.15, 0.2) is 0 Å². The van der Waals surface area contributed by atoms with E-state index in [1.807, 2.05) is 27.3 Å². The number of carbonyl (C=O) groups is 1. The Labute approximate surface area is 108 Å². The van der Waals surface area contributed by atoms with Crippen LogP contribution in [0.3, 0.4) is 0 Å². The van der Waals surface area contributed by atoms with E-state index in [-0.39, 0.29) is 35.7 Å². The Hall–Kier alpha value is 0.230. The maximum atomic E-state index is 11.5. The molecule has 0 spiro atoms. The number of hydrogen-bond acceptors (Lipinski definition) is 3. The van der Waals surface area contributed by atoms with Crippen molar-refractivity contribution in [3.63, 3.8) is 0 Å². The first-order valence-corrected chi connectivity index (χ1v) is 4.52. The van der Waals surface area contributed by atoms with Crippen LogP contribution in [0.25, 0.3) is 0 Å². The van der Waals surface area contributed by atoms with Crippen molar-refractivity contribution in [2.45, 2.75) is 26.4 Å². The fourth-order valence-corrected chi connectivity index (χ4v) is 1.06. The van der Waals surface area contributed by atoms with Crippen molar-refractivity contribution in [3.8, 4) is 0 Å². The minimum atomic E-state index is -0.401. The van der Waals surface area contributed by atoms with E-state index in [9.17, 15) is 4.79 Å².